The van der Waals surface area contributed by atoms with Crippen LogP contribution in [0.3, 0.4) is 0 Å². The summed E-state index contributed by atoms with van der Waals surface area (Å²) in [7, 11) is 3.55. The van der Waals surface area contributed by atoms with Crippen LogP contribution in [0.4, 0.5) is 4.79 Å². The normalized spacial score (nSPS) is 10.4. The molecule has 6 heteroatoms. The first-order valence-electron chi connectivity index (χ1n) is 5.71. The molecule has 0 aliphatic heterocycles. The molecule has 0 atom stereocenters. The molecule has 1 aromatic rings. The van der Waals surface area contributed by atoms with E-state index in [9.17, 15) is 4.79 Å². The summed E-state index contributed by atoms with van der Waals surface area (Å²) in [6, 6.07) is -0.0873. The number of aromatic nitrogens is 2. The number of halogens is 1. The second-order valence-electron chi connectivity index (χ2n) is 4.00. The Morgan fingerprint density at radius 1 is 1.65 bits per heavy atom. The first kappa shape index (κ1) is 13.8. The van der Waals surface area contributed by atoms with Gasteiger partial charge in [-0.2, -0.15) is 5.10 Å². The minimum Gasteiger partial charge on any atom is -0.338 e. The Morgan fingerprint density at radius 3 is 2.88 bits per heavy atom. The summed E-state index contributed by atoms with van der Waals surface area (Å²) in [4.78, 5) is 13.3. The van der Waals surface area contributed by atoms with E-state index < -0.39 is 0 Å². The number of amides is 2. The average molecular weight is 259 g/mol. The highest BCUT2D eigenvalue weighted by molar-refractivity contribution is 6.31. The average Bonchev–Trinajstić information content (AvgIpc) is 2.61. The maximum atomic E-state index is 11.7. The number of nitrogens with zero attached hydrogens (tertiary/aromatic N) is 3. The van der Waals surface area contributed by atoms with E-state index in [1.807, 2.05) is 7.05 Å². The molecule has 1 rings (SSSR count). The van der Waals surface area contributed by atoms with E-state index in [2.05, 4.69) is 17.3 Å². The molecule has 0 fully saturated rings. The minimum atomic E-state index is -0.0873. The Morgan fingerprint density at radius 2 is 2.35 bits per heavy atom. The molecule has 0 aliphatic rings. The summed E-state index contributed by atoms with van der Waals surface area (Å²) in [6.45, 7) is 3.25. The van der Waals surface area contributed by atoms with Gasteiger partial charge < -0.3 is 10.2 Å². The Hall–Kier alpha value is -1.23. The van der Waals surface area contributed by atoms with Crippen LogP contribution >= 0.6 is 11.6 Å². The number of hydrogen-bond donors (Lipinski definition) is 1. The van der Waals surface area contributed by atoms with Gasteiger partial charge in [-0.3, -0.25) is 4.68 Å². The molecule has 0 saturated heterocycles. The molecule has 5 nitrogen and oxygen atoms in total. The van der Waals surface area contributed by atoms with Gasteiger partial charge in [-0.15, -0.1) is 0 Å². The van der Waals surface area contributed by atoms with E-state index in [-0.39, 0.29) is 6.03 Å². The topological polar surface area (TPSA) is 50.2 Å². The van der Waals surface area contributed by atoms with E-state index in [1.165, 1.54) is 0 Å². The summed E-state index contributed by atoms with van der Waals surface area (Å²) in [5, 5.41) is 7.46. The zero-order valence-corrected chi connectivity index (χ0v) is 11.3. The van der Waals surface area contributed by atoms with Crippen LogP contribution in [-0.2, 0) is 13.6 Å². The molecule has 0 radical (unpaired) electrons. The number of rotatable bonds is 5. The van der Waals surface area contributed by atoms with Crippen molar-refractivity contribution in [2.24, 2.45) is 7.05 Å². The minimum absolute atomic E-state index is 0.0873. The second-order valence-corrected chi connectivity index (χ2v) is 4.41. The number of carbonyl (C=O) groups excluding carboxylic acids is 1. The fourth-order valence-electron chi connectivity index (χ4n) is 1.42. The monoisotopic (exact) mass is 258 g/mol. The molecule has 96 valence electrons. The van der Waals surface area contributed by atoms with Gasteiger partial charge in [0.25, 0.3) is 0 Å². The second kappa shape index (κ2) is 6.49. The van der Waals surface area contributed by atoms with Crippen LogP contribution in [0.25, 0.3) is 0 Å². The van der Waals surface area contributed by atoms with Crippen molar-refractivity contribution >= 4 is 17.6 Å². The third-order valence-corrected chi connectivity index (χ3v) is 2.87. The number of aryl methyl sites for hydroxylation is 1. The van der Waals surface area contributed by atoms with E-state index in [0.29, 0.717) is 18.1 Å². The molecule has 0 aliphatic carbocycles. The highest BCUT2D eigenvalue weighted by Gasteiger charge is 2.13. The van der Waals surface area contributed by atoms with Crippen molar-refractivity contribution in [2.45, 2.75) is 26.3 Å². The van der Waals surface area contributed by atoms with Gasteiger partial charge in [0.15, 0.2) is 0 Å². The van der Waals surface area contributed by atoms with Gasteiger partial charge in [-0.25, -0.2) is 4.79 Å². The number of hydrogen-bond acceptors (Lipinski definition) is 2. The summed E-state index contributed by atoms with van der Waals surface area (Å²) in [5.41, 5.74) is 0.833. The van der Waals surface area contributed by atoms with Crippen LogP contribution in [0.5, 0.6) is 0 Å². The molecule has 1 heterocycles. The van der Waals surface area contributed by atoms with Gasteiger partial charge in [0, 0.05) is 20.6 Å². The lowest BCUT2D eigenvalue weighted by atomic mass is 10.3. The fraction of sp³-hybridized carbons (Fsp3) is 0.636. The molecule has 2 amide bonds. The highest BCUT2D eigenvalue weighted by atomic mass is 35.5. The van der Waals surface area contributed by atoms with Gasteiger partial charge >= 0.3 is 6.03 Å². The van der Waals surface area contributed by atoms with Gasteiger partial charge in [-0.05, 0) is 6.42 Å². The molecule has 17 heavy (non-hydrogen) atoms. The predicted octanol–water partition coefficient (Wildman–Crippen LogP) is 2.01. The van der Waals surface area contributed by atoms with Crippen molar-refractivity contribution in [3.63, 3.8) is 0 Å². The van der Waals surface area contributed by atoms with E-state index in [1.54, 1.807) is 22.8 Å². The van der Waals surface area contributed by atoms with Gasteiger partial charge in [0.05, 0.1) is 23.5 Å². The lowest BCUT2D eigenvalue weighted by molar-refractivity contribution is 0.205. The Kier molecular flexibility index (Phi) is 5.28. The van der Waals surface area contributed by atoms with Crippen molar-refractivity contribution in [1.29, 1.82) is 0 Å². The van der Waals surface area contributed by atoms with E-state index >= 15 is 0 Å². The quantitative estimate of drug-likeness (QED) is 0.822. The Labute approximate surface area is 107 Å². The SMILES string of the molecule is CCCCNC(=O)N(C)Cc1c(Cl)cnn1C. The Balaban J connectivity index is 2.48. The number of urea groups is 1. The van der Waals surface area contributed by atoms with Crippen LogP contribution in [-0.4, -0.2) is 34.3 Å². The van der Waals surface area contributed by atoms with Crippen LogP contribution in [0.1, 0.15) is 25.5 Å². The molecular formula is C11H19ClN4O. The maximum absolute atomic E-state index is 11.7. The first-order valence-corrected chi connectivity index (χ1v) is 6.09. The number of carbonyl (C=O) groups is 1. The number of unbranched alkanes of at least 4 members (excludes halogenated alkanes) is 1. The molecule has 1 aromatic heterocycles. The van der Waals surface area contributed by atoms with Crippen molar-refractivity contribution in [3.05, 3.63) is 16.9 Å². The summed E-state index contributed by atoms with van der Waals surface area (Å²) >= 11 is 5.98. The third-order valence-electron chi connectivity index (χ3n) is 2.55. The molecular weight excluding hydrogens is 240 g/mol. The smallest absolute Gasteiger partial charge is 0.317 e. The lowest BCUT2D eigenvalue weighted by Crippen LogP contribution is -2.37. The summed E-state index contributed by atoms with van der Waals surface area (Å²) < 4.78 is 1.68. The summed E-state index contributed by atoms with van der Waals surface area (Å²) in [5.74, 6) is 0. The molecule has 0 bridgehead atoms. The predicted molar refractivity (Wildman–Crippen MR) is 68.0 cm³/mol. The lowest BCUT2D eigenvalue weighted by Gasteiger charge is -2.18. The standard InChI is InChI=1S/C11H19ClN4O/c1-4-5-6-13-11(17)15(2)8-10-9(12)7-14-16(10)3/h7H,4-6,8H2,1-3H3,(H,13,17). The van der Waals surface area contributed by atoms with Crippen molar-refractivity contribution in [3.8, 4) is 0 Å². The highest BCUT2D eigenvalue weighted by Crippen LogP contribution is 2.15. The van der Waals surface area contributed by atoms with Crippen LogP contribution in [0, 0.1) is 0 Å². The van der Waals surface area contributed by atoms with E-state index in [0.717, 1.165) is 18.5 Å². The molecule has 1 N–H and O–H groups in total. The Bertz CT molecular complexity index is 358. The zero-order chi connectivity index (χ0) is 12.8. The number of nitrogens with one attached hydrogen (secondary N) is 1. The third kappa shape index (κ3) is 3.93. The molecule has 0 unspecified atom stereocenters. The maximum Gasteiger partial charge on any atom is 0.317 e. The largest absolute Gasteiger partial charge is 0.338 e. The van der Waals surface area contributed by atoms with Crippen molar-refractivity contribution in [2.75, 3.05) is 13.6 Å². The van der Waals surface area contributed by atoms with Gasteiger partial charge in [-0.1, -0.05) is 24.9 Å². The zero-order valence-electron chi connectivity index (χ0n) is 10.5. The first-order chi connectivity index (χ1) is 8.06. The molecule has 0 spiro atoms. The van der Waals surface area contributed by atoms with Crippen LogP contribution in [0.15, 0.2) is 6.20 Å². The van der Waals surface area contributed by atoms with Gasteiger partial charge in [0.1, 0.15) is 0 Å². The van der Waals surface area contributed by atoms with Crippen LogP contribution in [0.2, 0.25) is 5.02 Å². The summed E-state index contributed by atoms with van der Waals surface area (Å²) in [6.07, 6.45) is 3.64. The van der Waals surface area contributed by atoms with Gasteiger partial charge in [0.2, 0.25) is 0 Å². The molecule has 0 aromatic carbocycles. The fourth-order valence-corrected chi connectivity index (χ4v) is 1.64. The van der Waals surface area contributed by atoms with Crippen LogP contribution < -0.4 is 5.32 Å². The van der Waals surface area contributed by atoms with Crippen molar-refractivity contribution < 1.29 is 4.79 Å². The molecule has 0 saturated carbocycles. The van der Waals surface area contributed by atoms with E-state index in [4.69, 9.17) is 11.6 Å². The van der Waals surface area contributed by atoms with Crippen molar-refractivity contribution in [1.82, 2.24) is 20.0 Å².